The number of hydrogen-bond donors (Lipinski definition) is 0. The number of aromatic nitrogens is 3. The quantitative estimate of drug-likeness (QED) is 0.486. The van der Waals surface area contributed by atoms with Gasteiger partial charge in [0.15, 0.2) is 6.29 Å². The number of nitrogens with zero attached hydrogens (tertiary/aromatic N) is 4. The van der Waals surface area contributed by atoms with Crippen LogP contribution in [0, 0.1) is 6.92 Å². The summed E-state index contributed by atoms with van der Waals surface area (Å²) in [6.45, 7) is 1.68. The van der Waals surface area contributed by atoms with E-state index in [1.54, 1.807) is 6.92 Å². The van der Waals surface area contributed by atoms with Gasteiger partial charge in [0.1, 0.15) is 5.82 Å². The van der Waals surface area contributed by atoms with Crippen molar-refractivity contribution in [3.05, 3.63) is 5.82 Å². The molecule has 0 aromatic carbocycles. The Bertz CT molecular complexity index is 337. The maximum absolute atomic E-state index is 9.97. The summed E-state index contributed by atoms with van der Waals surface area (Å²) in [6.07, 6.45) is 1.61. The average molecular weight is 180 g/mol. The molecule has 0 bridgehead atoms. The number of carbonyl (C=O) groups is 1. The van der Waals surface area contributed by atoms with Gasteiger partial charge in [-0.2, -0.15) is 15.0 Å². The summed E-state index contributed by atoms with van der Waals surface area (Å²) in [6, 6.07) is 0.186. The van der Waals surface area contributed by atoms with Crippen LogP contribution in [0.2, 0.25) is 0 Å². The molecule has 68 valence electrons. The third-order valence-electron chi connectivity index (χ3n) is 1.15. The van der Waals surface area contributed by atoms with Gasteiger partial charge in [-0.15, -0.1) is 0 Å². The van der Waals surface area contributed by atoms with Gasteiger partial charge in [-0.25, -0.2) is 4.99 Å². The lowest BCUT2D eigenvalue weighted by Crippen LogP contribution is -1.96. The van der Waals surface area contributed by atoms with Crippen molar-refractivity contribution in [3.63, 3.8) is 0 Å². The molecule has 6 heteroatoms. The van der Waals surface area contributed by atoms with Gasteiger partial charge in [-0.1, -0.05) is 0 Å². The van der Waals surface area contributed by atoms with E-state index in [-0.39, 0.29) is 12.0 Å². The van der Waals surface area contributed by atoms with Crippen LogP contribution in [0.1, 0.15) is 5.82 Å². The minimum absolute atomic E-state index is 0.163. The molecule has 0 unspecified atom stereocenters. The average Bonchev–Trinajstić information content (AvgIpc) is 2.14. The Morgan fingerprint density at radius 2 is 2.15 bits per heavy atom. The fourth-order valence-electron chi connectivity index (χ4n) is 0.690. The van der Waals surface area contributed by atoms with E-state index in [1.165, 1.54) is 7.11 Å². The third-order valence-corrected chi connectivity index (χ3v) is 1.15. The Balaban J connectivity index is 3.00. The van der Waals surface area contributed by atoms with Crippen LogP contribution < -0.4 is 4.74 Å². The standard InChI is InChI=1S/C7H8N4O2/c1-5-9-6(8-3-4-12)11-7(10-5)13-2/h3-4H,1-2H3. The van der Waals surface area contributed by atoms with Crippen molar-refractivity contribution in [2.24, 2.45) is 4.99 Å². The van der Waals surface area contributed by atoms with Gasteiger partial charge in [0.25, 0.3) is 5.95 Å². The van der Waals surface area contributed by atoms with E-state index in [0.717, 1.165) is 6.21 Å². The van der Waals surface area contributed by atoms with Gasteiger partial charge >= 0.3 is 6.01 Å². The Hall–Kier alpha value is -1.85. The fraction of sp³-hybridized carbons (Fsp3) is 0.286. The van der Waals surface area contributed by atoms with E-state index in [1.807, 2.05) is 0 Å². The molecule has 1 aromatic rings. The number of methoxy groups -OCH3 is 1. The highest BCUT2D eigenvalue weighted by Crippen LogP contribution is 2.08. The second-order valence-electron chi connectivity index (χ2n) is 2.08. The molecule has 0 saturated heterocycles. The molecule has 0 radical (unpaired) electrons. The SMILES string of the molecule is COc1nc(C)nc(N=CC=O)n1. The van der Waals surface area contributed by atoms with Gasteiger partial charge in [0, 0.05) is 0 Å². The zero-order chi connectivity index (χ0) is 9.68. The Kier molecular flexibility index (Phi) is 3.02. The number of aryl methyl sites for hydroxylation is 1. The molecule has 0 aliphatic rings. The summed E-state index contributed by atoms with van der Waals surface area (Å²) in [5.74, 6) is 0.654. The Morgan fingerprint density at radius 1 is 1.38 bits per heavy atom. The number of rotatable bonds is 3. The second-order valence-corrected chi connectivity index (χ2v) is 2.08. The minimum Gasteiger partial charge on any atom is -0.467 e. The maximum Gasteiger partial charge on any atom is 0.321 e. The third kappa shape index (κ3) is 2.58. The van der Waals surface area contributed by atoms with Crippen LogP contribution in [0.5, 0.6) is 6.01 Å². The van der Waals surface area contributed by atoms with E-state index < -0.39 is 0 Å². The molecule has 0 spiro atoms. The predicted molar refractivity (Wildman–Crippen MR) is 45.3 cm³/mol. The summed E-state index contributed by atoms with van der Waals surface area (Å²) < 4.78 is 4.79. The van der Waals surface area contributed by atoms with Crippen LogP contribution >= 0.6 is 0 Å². The monoisotopic (exact) mass is 180 g/mol. The van der Waals surface area contributed by atoms with Crippen molar-refractivity contribution < 1.29 is 9.53 Å². The van der Waals surface area contributed by atoms with Crippen molar-refractivity contribution in [1.29, 1.82) is 0 Å². The summed E-state index contributed by atoms with van der Waals surface area (Å²) in [7, 11) is 1.45. The lowest BCUT2D eigenvalue weighted by molar-refractivity contribution is -0.102. The second kappa shape index (κ2) is 4.24. The summed E-state index contributed by atoms with van der Waals surface area (Å²) >= 11 is 0. The predicted octanol–water partition coefficient (Wildman–Crippen LogP) is 0.0898. The highest BCUT2D eigenvalue weighted by Gasteiger charge is 2.00. The first-order valence-electron chi connectivity index (χ1n) is 3.50. The molecule has 0 aliphatic heterocycles. The Morgan fingerprint density at radius 3 is 2.77 bits per heavy atom. The van der Waals surface area contributed by atoms with Crippen LogP contribution in [0.15, 0.2) is 4.99 Å². The van der Waals surface area contributed by atoms with Gasteiger partial charge in [0.2, 0.25) is 0 Å². The molecule has 0 atom stereocenters. The number of aldehydes is 1. The first kappa shape index (κ1) is 9.24. The molecule has 0 aliphatic carbocycles. The van der Waals surface area contributed by atoms with Gasteiger partial charge in [0.05, 0.1) is 13.3 Å². The fourth-order valence-corrected chi connectivity index (χ4v) is 0.690. The summed E-state index contributed by atoms with van der Waals surface area (Å²) in [5, 5.41) is 0. The Labute approximate surface area is 74.7 Å². The number of carbonyl (C=O) groups excluding carboxylic acids is 1. The van der Waals surface area contributed by atoms with Crippen LogP contribution in [-0.2, 0) is 4.79 Å². The van der Waals surface area contributed by atoms with Crippen molar-refractivity contribution >= 4 is 18.4 Å². The minimum atomic E-state index is 0.163. The zero-order valence-corrected chi connectivity index (χ0v) is 7.26. The molecule has 13 heavy (non-hydrogen) atoms. The largest absolute Gasteiger partial charge is 0.467 e. The molecule has 0 amide bonds. The molecular formula is C7H8N4O2. The lowest BCUT2D eigenvalue weighted by Gasteiger charge is -1.98. The van der Waals surface area contributed by atoms with Gasteiger partial charge in [-0.3, -0.25) is 4.79 Å². The first-order valence-corrected chi connectivity index (χ1v) is 3.50. The zero-order valence-electron chi connectivity index (χ0n) is 7.26. The van der Waals surface area contributed by atoms with E-state index in [9.17, 15) is 4.79 Å². The normalized spacial score (nSPS) is 10.3. The number of ether oxygens (including phenoxy) is 1. The lowest BCUT2D eigenvalue weighted by atomic mass is 10.7. The van der Waals surface area contributed by atoms with Gasteiger partial charge in [-0.05, 0) is 6.92 Å². The molecular weight excluding hydrogens is 172 g/mol. The van der Waals surface area contributed by atoms with Crippen molar-refractivity contribution in [2.45, 2.75) is 6.92 Å². The van der Waals surface area contributed by atoms with Crippen LogP contribution in [-0.4, -0.2) is 34.6 Å². The van der Waals surface area contributed by atoms with E-state index in [0.29, 0.717) is 12.1 Å². The van der Waals surface area contributed by atoms with Crippen LogP contribution in [0.4, 0.5) is 5.95 Å². The van der Waals surface area contributed by atoms with Crippen molar-refractivity contribution in [1.82, 2.24) is 15.0 Å². The van der Waals surface area contributed by atoms with E-state index >= 15 is 0 Å². The number of aliphatic imine (C=N–C) groups is 1. The van der Waals surface area contributed by atoms with Crippen molar-refractivity contribution in [2.75, 3.05) is 7.11 Å². The molecule has 1 heterocycles. The van der Waals surface area contributed by atoms with Crippen LogP contribution in [0.25, 0.3) is 0 Å². The highest BCUT2D eigenvalue weighted by atomic mass is 16.5. The molecule has 1 rings (SSSR count). The van der Waals surface area contributed by atoms with E-state index in [4.69, 9.17) is 4.74 Å². The molecule has 0 saturated carbocycles. The maximum atomic E-state index is 9.97. The number of hydrogen-bond acceptors (Lipinski definition) is 6. The highest BCUT2D eigenvalue weighted by molar-refractivity contribution is 6.13. The summed E-state index contributed by atoms with van der Waals surface area (Å²) in [4.78, 5) is 25.1. The molecule has 1 aromatic heterocycles. The van der Waals surface area contributed by atoms with Gasteiger partial charge < -0.3 is 4.74 Å². The summed E-state index contributed by atoms with van der Waals surface area (Å²) in [5.41, 5.74) is 0. The molecule has 6 nitrogen and oxygen atoms in total. The molecule has 0 fully saturated rings. The van der Waals surface area contributed by atoms with Crippen LogP contribution in [0.3, 0.4) is 0 Å². The van der Waals surface area contributed by atoms with Crippen molar-refractivity contribution in [3.8, 4) is 6.01 Å². The topological polar surface area (TPSA) is 77.3 Å². The smallest absolute Gasteiger partial charge is 0.321 e. The first-order chi connectivity index (χ1) is 6.26. The van der Waals surface area contributed by atoms with E-state index in [2.05, 4.69) is 19.9 Å². The molecule has 0 N–H and O–H groups in total.